The molecule has 0 aliphatic heterocycles. The summed E-state index contributed by atoms with van der Waals surface area (Å²) in [4.78, 5) is 29.6. The number of nitrogens with zero attached hydrogens (tertiary/aromatic N) is 2. The molecule has 7 nitrogen and oxygen atoms in total. The number of anilines is 1. The Balaban J connectivity index is 1.71. The number of sulfonamides is 1. The van der Waals surface area contributed by atoms with Crippen LogP contribution in [0.3, 0.4) is 0 Å². The van der Waals surface area contributed by atoms with Crippen molar-refractivity contribution in [1.82, 2.24) is 10.2 Å². The van der Waals surface area contributed by atoms with E-state index in [9.17, 15) is 18.0 Å². The molecule has 218 valence electrons. The quantitative estimate of drug-likeness (QED) is 0.317. The molecule has 0 radical (unpaired) electrons. The number of halogens is 1. The maximum absolute atomic E-state index is 14.2. The summed E-state index contributed by atoms with van der Waals surface area (Å²) in [6, 6.07) is 23.0. The number of benzene rings is 3. The molecule has 1 saturated carbocycles. The first kappa shape index (κ1) is 30.6. The smallest absolute Gasteiger partial charge is 0.244 e. The molecule has 0 saturated heterocycles. The molecule has 4 rings (SSSR count). The first-order valence-electron chi connectivity index (χ1n) is 14.0. The number of nitrogens with one attached hydrogen (secondary N) is 1. The fourth-order valence-electron chi connectivity index (χ4n) is 5.23. The lowest BCUT2D eigenvalue weighted by Crippen LogP contribution is -2.55. The van der Waals surface area contributed by atoms with Gasteiger partial charge in [-0.25, -0.2) is 8.42 Å². The highest BCUT2D eigenvalue weighted by Crippen LogP contribution is 2.24. The Hall–Kier alpha value is -3.36. The number of hydrogen-bond acceptors (Lipinski definition) is 4. The molecule has 2 amide bonds. The molecule has 1 aliphatic rings. The van der Waals surface area contributed by atoms with Crippen LogP contribution in [-0.4, -0.2) is 50.0 Å². The summed E-state index contributed by atoms with van der Waals surface area (Å²) in [5, 5.41) is 3.57. The van der Waals surface area contributed by atoms with E-state index < -0.39 is 28.5 Å². The van der Waals surface area contributed by atoms with Crippen molar-refractivity contribution in [2.24, 2.45) is 0 Å². The molecule has 0 spiro atoms. The molecule has 0 aromatic heterocycles. The van der Waals surface area contributed by atoms with E-state index in [1.165, 1.54) is 11.0 Å². The fourth-order valence-corrected chi connectivity index (χ4v) is 6.26. The van der Waals surface area contributed by atoms with Crippen LogP contribution < -0.4 is 9.62 Å². The molecule has 3 aromatic carbocycles. The summed E-state index contributed by atoms with van der Waals surface area (Å²) in [6.07, 6.45) is 6.45. The Labute approximate surface area is 248 Å². The Kier molecular flexibility index (Phi) is 10.5. The second-order valence-corrected chi connectivity index (χ2v) is 13.1. The third-order valence-electron chi connectivity index (χ3n) is 7.47. The minimum absolute atomic E-state index is 0.0600. The van der Waals surface area contributed by atoms with Crippen LogP contribution in [-0.2, 0) is 32.6 Å². The largest absolute Gasteiger partial charge is 0.352 e. The van der Waals surface area contributed by atoms with Crippen molar-refractivity contribution < 1.29 is 18.0 Å². The summed E-state index contributed by atoms with van der Waals surface area (Å²) in [6.45, 7) is 1.67. The molecule has 3 aromatic rings. The van der Waals surface area contributed by atoms with E-state index >= 15 is 0 Å². The Morgan fingerprint density at radius 2 is 1.61 bits per heavy atom. The number of amides is 2. The van der Waals surface area contributed by atoms with E-state index in [0.717, 1.165) is 59.4 Å². The van der Waals surface area contributed by atoms with E-state index in [-0.39, 0.29) is 24.2 Å². The minimum atomic E-state index is -3.84. The number of rotatable bonds is 11. The molecular weight excluding hydrogens is 558 g/mol. The summed E-state index contributed by atoms with van der Waals surface area (Å²) in [5.74, 6) is -0.703. The zero-order valence-electron chi connectivity index (χ0n) is 23.6. The van der Waals surface area contributed by atoms with Gasteiger partial charge in [-0.15, -0.1) is 0 Å². The Morgan fingerprint density at radius 1 is 0.927 bits per heavy atom. The van der Waals surface area contributed by atoms with E-state index in [0.29, 0.717) is 11.4 Å². The average Bonchev–Trinajstić information content (AvgIpc) is 2.95. The van der Waals surface area contributed by atoms with Gasteiger partial charge in [0.25, 0.3) is 0 Å². The molecule has 1 fully saturated rings. The van der Waals surface area contributed by atoms with Crippen molar-refractivity contribution in [3.05, 3.63) is 101 Å². The van der Waals surface area contributed by atoms with Gasteiger partial charge in [-0.2, -0.15) is 0 Å². The minimum Gasteiger partial charge on any atom is -0.352 e. The Morgan fingerprint density at radius 3 is 2.24 bits per heavy atom. The predicted molar refractivity (Wildman–Crippen MR) is 164 cm³/mol. The van der Waals surface area contributed by atoms with Gasteiger partial charge in [0, 0.05) is 24.0 Å². The molecule has 1 N–H and O–H groups in total. The van der Waals surface area contributed by atoms with Gasteiger partial charge in [-0.3, -0.25) is 13.9 Å². The van der Waals surface area contributed by atoms with Gasteiger partial charge in [0.05, 0.1) is 11.9 Å². The number of carbonyl (C=O) groups excluding carboxylic acids is 2. The highest BCUT2D eigenvalue weighted by Gasteiger charge is 2.34. The van der Waals surface area contributed by atoms with Crippen LogP contribution in [0, 0.1) is 6.92 Å². The van der Waals surface area contributed by atoms with Crippen molar-refractivity contribution in [2.75, 3.05) is 17.1 Å². The van der Waals surface area contributed by atoms with Crippen molar-refractivity contribution in [3.8, 4) is 0 Å². The summed E-state index contributed by atoms with van der Waals surface area (Å²) in [5.41, 5.74) is 3.12. The molecule has 0 heterocycles. The zero-order valence-corrected chi connectivity index (χ0v) is 25.2. The first-order valence-corrected chi connectivity index (χ1v) is 16.3. The molecule has 1 aliphatic carbocycles. The maximum Gasteiger partial charge on any atom is 0.244 e. The lowest BCUT2D eigenvalue weighted by Gasteiger charge is -2.35. The van der Waals surface area contributed by atoms with Crippen molar-refractivity contribution in [2.45, 2.75) is 64.1 Å². The summed E-state index contributed by atoms with van der Waals surface area (Å²) in [7, 11) is -3.84. The van der Waals surface area contributed by atoms with E-state index in [4.69, 9.17) is 11.6 Å². The molecule has 9 heteroatoms. The Bertz CT molecular complexity index is 1420. The van der Waals surface area contributed by atoms with E-state index in [2.05, 4.69) is 5.32 Å². The number of hydrogen-bond donors (Lipinski definition) is 1. The van der Waals surface area contributed by atoms with Gasteiger partial charge in [-0.05, 0) is 49.1 Å². The third-order valence-corrected chi connectivity index (χ3v) is 8.85. The molecule has 41 heavy (non-hydrogen) atoms. The van der Waals surface area contributed by atoms with E-state index in [1.54, 1.807) is 18.2 Å². The summed E-state index contributed by atoms with van der Waals surface area (Å²) < 4.78 is 26.8. The van der Waals surface area contributed by atoms with Crippen molar-refractivity contribution >= 4 is 39.1 Å². The van der Waals surface area contributed by atoms with Crippen LogP contribution in [0.2, 0.25) is 5.02 Å². The summed E-state index contributed by atoms with van der Waals surface area (Å²) >= 11 is 6.16. The standard InChI is InChI=1S/C32H38ClN3O4S/c1-24-16-18-26(19-17-24)22-35(31(37)23-36(41(2,39)40)29-15-9-12-27(33)21-29)30(20-25-10-5-3-6-11-25)32(38)34-28-13-7-4-8-14-28/h3,5-6,9-12,15-19,21,28,30H,4,7-8,13-14,20,22-23H2,1-2H3,(H,34,38)/t30-/m1/s1. The van der Waals surface area contributed by atoms with Gasteiger partial charge in [-0.1, -0.05) is 97.1 Å². The maximum atomic E-state index is 14.2. The topological polar surface area (TPSA) is 86.8 Å². The van der Waals surface area contributed by atoms with Crippen molar-refractivity contribution in [1.29, 1.82) is 0 Å². The second-order valence-electron chi connectivity index (χ2n) is 10.8. The van der Waals surface area contributed by atoms with Gasteiger partial charge in [0.15, 0.2) is 0 Å². The predicted octanol–water partition coefficient (Wildman–Crippen LogP) is 5.50. The van der Waals surface area contributed by atoms with Gasteiger partial charge in [0.1, 0.15) is 12.6 Å². The lowest BCUT2D eigenvalue weighted by molar-refractivity contribution is -0.140. The highest BCUT2D eigenvalue weighted by molar-refractivity contribution is 7.92. The SMILES string of the molecule is Cc1ccc(CN(C(=O)CN(c2cccc(Cl)c2)S(C)(=O)=O)[C@H](Cc2ccccc2)C(=O)NC2CCCCC2)cc1. The average molecular weight is 596 g/mol. The van der Waals surface area contributed by atoms with Crippen LogP contribution in [0.1, 0.15) is 48.8 Å². The van der Waals surface area contributed by atoms with Crippen LogP contribution in [0.15, 0.2) is 78.9 Å². The molecular formula is C32H38ClN3O4S. The molecule has 1 atom stereocenters. The third kappa shape index (κ3) is 8.81. The van der Waals surface area contributed by atoms with Crippen molar-refractivity contribution in [3.63, 3.8) is 0 Å². The first-order chi connectivity index (χ1) is 19.6. The number of aryl methyl sites for hydroxylation is 1. The molecule has 0 bridgehead atoms. The van der Waals surface area contributed by atoms with Gasteiger partial charge in [0.2, 0.25) is 21.8 Å². The fraction of sp³-hybridized carbons (Fsp3) is 0.375. The van der Waals surface area contributed by atoms with Crippen LogP contribution in [0.4, 0.5) is 5.69 Å². The van der Waals surface area contributed by atoms with Gasteiger partial charge >= 0.3 is 0 Å². The monoisotopic (exact) mass is 595 g/mol. The zero-order chi connectivity index (χ0) is 29.4. The number of carbonyl (C=O) groups is 2. The lowest BCUT2D eigenvalue weighted by atomic mass is 9.94. The van der Waals surface area contributed by atoms with Crippen LogP contribution in [0.5, 0.6) is 0 Å². The molecule has 0 unspecified atom stereocenters. The van der Waals surface area contributed by atoms with Crippen LogP contribution >= 0.6 is 11.6 Å². The normalized spacial score (nSPS) is 14.7. The van der Waals surface area contributed by atoms with Gasteiger partial charge < -0.3 is 10.2 Å². The highest BCUT2D eigenvalue weighted by atomic mass is 35.5. The van der Waals surface area contributed by atoms with E-state index in [1.807, 2.05) is 61.5 Å². The second kappa shape index (κ2) is 14.0. The van der Waals surface area contributed by atoms with Crippen LogP contribution in [0.25, 0.3) is 0 Å².